The van der Waals surface area contributed by atoms with Gasteiger partial charge in [0.2, 0.25) is 0 Å². The maximum atomic E-state index is 10.6. The molecular formula is C10H14N2O2. The van der Waals surface area contributed by atoms with E-state index in [4.69, 9.17) is 5.11 Å². The van der Waals surface area contributed by atoms with Gasteiger partial charge in [-0.25, -0.2) is 9.97 Å². The second kappa shape index (κ2) is 3.74. The number of carbonyl (C=O) groups is 1. The molecule has 1 aromatic rings. The predicted molar refractivity (Wildman–Crippen MR) is 52.0 cm³/mol. The number of carboxylic acids is 1. The largest absolute Gasteiger partial charge is 0.481 e. The van der Waals surface area contributed by atoms with E-state index in [2.05, 4.69) is 9.97 Å². The number of hydrogen-bond acceptors (Lipinski definition) is 3. The fourth-order valence-corrected chi connectivity index (χ4v) is 1.22. The zero-order valence-corrected chi connectivity index (χ0v) is 8.61. The molecule has 0 amide bonds. The van der Waals surface area contributed by atoms with E-state index in [1.54, 1.807) is 19.3 Å². The van der Waals surface area contributed by atoms with E-state index in [-0.39, 0.29) is 6.42 Å². The lowest BCUT2D eigenvalue weighted by molar-refractivity contribution is -0.138. The summed E-state index contributed by atoms with van der Waals surface area (Å²) < 4.78 is 0. The Kier molecular flexibility index (Phi) is 2.84. The van der Waals surface area contributed by atoms with Crippen LogP contribution in [0.25, 0.3) is 0 Å². The van der Waals surface area contributed by atoms with Gasteiger partial charge in [0.05, 0.1) is 6.42 Å². The van der Waals surface area contributed by atoms with Gasteiger partial charge in [-0.3, -0.25) is 4.79 Å². The monoisotopic (exact) mass is 194 g/mol. The average Bonchev–Trinajstić information content (AvgIpc) is 2.02. The third-order valence-corrected chi connectivity index (χ3v) is 2.16. The Morgan fingerprint density at radius 3 is 2.36 bits per heavy atom. The van der Waals surface area contributed by atoms with E-state index in [1.165, 1.54) is 0 Å². The first-order valence-electron chi connectivity index (χ1n) is 4.43. The summed E-state index contributed by atoms with van der Waals surface area (Å²) in [7, 11) is 0. The standard InChI is InChI=1S/C10H14N2O2/c1-7-11-5-8(6-12-7)10(2,3)4-9(13)14/h5-6H,4H2,1-3H3,(H,13,14). The van der Waals surface area contributed by atoms with Crippen LogP contribution in [-0.4, -0.2) is 21.0 Å². The Morgan fingerprint density at radius 2 is 1.93 bits per heavy atom. The molecule has 0 saturated heterocycles. The summed E-state index contributed by atoms with van der Waals surface area (Å²) >= 11 is 0. The number of hydrogen-bond donors (Lipinski definition) is 1. The summed E-state index contributed by atoms with van der Waals surface area (Å²) in [6, 6.07) is 0. The van der Waals surface area contributed by atoms with E-state index >= 15 is 0 Å². The Bertz CT molecular complexity index is 330. The molecule has 14 heavy (non-hydrogen) atoms. The van der Waals surface area contributed by atoms with Gasteiger partial charge >= 0.3 is 5.97 Å². The number of rotatable bonds is 3. The molecule has 76 valence electrons. The molecule has 1 aromatic heterocycles. The fraction of sp³-hybridized carbons (Fsp3) is 0.500. The van der Waals surface area contributed by atoms with Gasteiger partial charge in [0, 0.05) is 17.8 Å². The number of aromatic nitrogens is 2. The first-order valence-corrected chi connectivity index (χ1v) is 4.43. The summed E-state index contributed by atoms with van der Waals surface area (Å²) in [6.07, 6.45) is 3.45. The van der Waals surface area contributed by atoms with Gasteiger partial charge in [-0.1, -0.05) is 13.8 Å². The number of carboxylic acid groups (broad SMARTS) is 1. The highest BCUT2D eigenvalue weighted by molar-refractivity contribution is 5.68. The zero-order chi connectivity index (χ0) is 10.8. The van der Waals surface area contributed by atoms with E-state index < -0.39 is 11.4 Å². The molecular weight excluding hydrogens is 180 g/mol. The van der Waals surface area contributed by atoms with Gasteiger partial charge in [0.1, 0.15) is 5.82 Å². The highest BCUT2D eigenvalue weighted by Gasteiger charge is 2.24. The highest BCUT2D eigenvalue weighted by Crippen LogP contribution is 2.25. The number of aryl methyl sites for hydroxylation is 1. The van der Waals surface area contributed by atoms with Crippen LogP contribution in [0.4, 0.5) is 0 Å². The van der Waals surface area contributed by atoms with Crippen LogP contribution in [0.1, 0.15) is 31.7 Å². The van der Waals surface area contributed by atoms with Crippen LogP contribution in [0.3, 0.4) is 0 Å². The lowest BCUT2D eigenvalue weighted by atomic mass is 9.83. The van der Waals surface area contributed by atoms with Crippen LogP contribution >= 0.6 is 0 Å². The summed E-state index contributed by atoms with van der Waals surface area (Å²) in [5.41, 5.74) is 0.435. The first-order chi connectivity index (χ1) is 6.42. The van der Waals surface area contributed by atoms with Crippen molar-refractivity contribution in [3.63, 3.8) is 0 Å². The van der Waals surface area contributed by atoms with E-state index in [1.807, 2.05) is 13.8 Å². The quantitative estimate of drug-likeness (QED) is 0.792. The van der Waals surface area contributed by atoms with Crippen molar-refractivity contribution in [1.82, 2.24) is 9.97 Å². The van der Waals surface area contributed by atoms with Crippen molar-refractivity contribution in [2.45, 2.75) is 32.6 Å². The molecule has 1 heterocycles. The molecule has 0 atom stereocenters. The van der Waals surface area contributed by atoms with Crippen LogP contribution in [0.5, 0.6) is 0 Å². The third-order valence-electron chi connectivity index (χ3n) is 2.16. The molecule has 0 aliphatic carbocycles. The maximum Gasteiger partial charge on any atom is 0.304 e. The minimum Gasteiger partial charge on any atom is -0.481 e. The van der Waals surface area contributed by atoms with Gasteiger partial charge in [0.15, 0.2) is 0 Å². The molecule has 0 unspecified atom stereocenters. The summed E-state index contributed by atoms with van der Waals surface area (Å²) in [4.78, 5) is 18.7. The lowest BCUT2D eigenvalue weighted by Crippen LogP contribution is -2.22. The Balaban J connectivity index is 2.91. The van der Waals surface area contributed by atoms with Gasteiger partial charge in [-0.2, -0.15) is 0 Å². The lowest BCUT2D eigenvalue weighted by Gasteiger charge is -2.21. The molecule has 0 spiro atoms. The van der Waals surface area contributed by atoms with Crippen LogP contribution < -0.4 is 0 Å². The summed E-state index contributed by atoms with van der Waals surface area (Å²) in [5.74, 6) is -0.115. The van der Waals surface area contributed by atoms with E-state index in [9.17, 15) is 4.79 Å². The molecule has 0 aliphatic heterocycles. The zero-order valence-electron chi connectivity index (χ0n) is 8.61. The second-order valence-electron chi connectivity index (χ2n) is 3.97. The van der Waals surface area contributed by atoms with Crippen molar-refractivity contribution < 1.29 is 9.90 Å². The second-order valence-corrected chi connectivity index (χ2v) is 3.97. The van der Waals surface area contributed by atoms with Crippen molar-refractivity contribution in [2.24, 2.45) is 0 Å². The molecule has 0 aliphatic rings. The number of nitrogens with zero attached hydrogens (tertiary/aromatic N) is 2. The molecule has 0 aromatic carbocycles. The molecule has 0 fully saturated rings. The molecule has 4 heteroatoms. The maximum absolute atomic E-state index is 10.6. The van der Waals surface area contributed by atoms with Crippen LogP contribution in [-0.2, 0) is 10.2 Å². The van der Waals surface area contributed by atoms with Crippen molar-refractivity contribution >= 4 is 5.97 Å². The molecule has 0 saturated carbocycles. The Morgan fingerprint density at radius 1 is 1.43 bits per heavy atom. The van der Waals surface area contributed by atoms with Gasteiger partial charge in [0.25, 0.3) is 0 Å². The molecule has 0 radical (unpaired) electrons. The Hall–Kier alpha value is -1.45. The van der Waals surface area contributed by atoms with Crippen molar-refractivity contribution in [3.8, 4) is 0 Å². The van der Waals surface area contributed by atoms with Gasteiger partial charge < -0.3 is 5.11 Å². The van der Waals surface area contributed by atoms with Gasteiger partial charge in [-0.05, 0) is 12.5 Å². The first kappa shape index (κ1) is 10.6. The fourth-order valence-electron chi connectivity index (χ4n) is 1.22. The molecule has 1 rings (SSSR count). The average molecular weight is 194 g/mol. The molecule has 1 N–H and O–H groups in total. The van der Waals surface area contributed by atoms with Crippen LogP contribution in [0.15, 0.2) is 12.4 Å². The normalized spacial score (nSPS) is 11.4. The summed E-state index contributed by atoms with van der Waals surface area (Å²) in [6.45, 7) is 5.54. The van der Waals surface area contributed by atoms with E-state index in [0.717, 1.165) is 5.56 Å². The third kappa shape index (κ3) is 2.52. The minimum atomic E-state index is -0.810. The highest BCUT2D eigenvalue weighted by atomic mass is 16.4. The van der Waals surface area contributed by atoms with Crippen molar-refractivity contribution in [2.75, 3.05) is 0 Å². The van der Waals surface area contributed by atoms with Crippen LogP contribution in [0, 0.1) is 6.92 Å². The topological polar surface area (TPSA) is 63.1 Å². The predicted octanol–water partition coefficient (Wildman–Crippen LogP) is 1.54. The smallest absolute Gasteiger partial charge is 0.304 e. The molecule has 0 bridgehead atoms. The summed E-state index contributed by atoms with van der Waals surface area (Å²) in [5, 5.41) is 8.72. The molecule has 4 nitrogen and oxygen atoms in total. The van der Waals surface area contributed by atoms with E-state index in [0.29, 0.717) is 5.82 Å². The van der Waals surface area contributed by atoms with Crippen LogP contribution in [0.2, 0.25) is 0 Å². The van der Waals surface area contributed by atoms with Crippen molar-refractivity contribution in [1.29, 1.82) is 0 Å². The van der Waals surface area contributed by atoms with Crippen molar-refractivity contribution in [3.05, 3.63) is 23.8 Å². The van der Waals surface area contributed by atoms with Gasteiger partial charge in [-0.15, -0.1) is 0 Å². The number of aliphatic carboxylic acids is 1. The minimum absolute atomic E-state index is 0.0828. The Labute approximate surface area is 83.0 Å². The SMILES string of the molecule is Cc1ncc(C(C)(C)CC(=O)O)cn1.